The minimum absolute atomic E-state index is 0.0182. The molecular formula is C21H22FN5O3. The van der Waals surface area contributed by atoms with Crippen molar-refractivity contribution in [3.8, 4) is 11.6 Å². The first-order valence-electron chi connectivity index (χ1n) is 9.85. The highest BCUT2D eigenvalue weighted by atomic mass is 19.1. The summed E-state index contributed by atoms with van der Waals surface area (Å²) >= 11 is 0. The molecule has 1 aliphatic rings. The first kappa shape index (κ1) is 20.1. The zero-order valence-corrected chi connectivity index (χ0v) is 16.6. The fourth-order valence-corrected chi connectivity index (χ4v) is 3.34. The molecule has 1 saturated heterocycles. The van der Waals surface area contributed by atoms with E-state index in [1.165, 1.54) is 12.1 Å². The number of nitrogens with zero attached hydrogens (tertiary/aromatic N) is 5. The monoisotopic (exact) mass is 411 g/mol. The van der Waals surface area contributed by atoms with E-state index < -0.39 is 0 Å². The molecule has 3 aromatic rings. The van der Waals surface area contributed by atoms with Crippen LogP contribution in [0, 0.1) is 18.7 Å². The standard InChI is InChI=1S/C21H22FN5O3/c1-14-19(27(26-23-14)17-4-2-16(22)3-5-17)13-30-21-7-6-18(24-25-21)20(28)12-15-8-10-29-11-9-15/h2-7,15H,8-13H2,1H3. The lowest BCUT2D eigenvalue weighted by molar-refractivity contribution is 0.0599. The number of ether oxygens (including phenoxy) is 2. The van der Waals surface area contributed by atoms with E-state index in [0.29, 0.717) is 54.2 Å². The Morgan fingerprint density at radius 3 is 2.60 bits per heavy atom. The number of rotatable bonds is 7. The van der Waals surface area contributed by atoms with Gasteiger partial charge in [-0.25, -0.2) is 9.07 Å². The molecule has 0 saturated carbocycles. The lowest BCUT2D eigenvalue weighted by Crippen LogP contribution is -2.19. The van der Waals surface area contributed by atoms with E-state index in [1.807, 2.05) is 6.92 Å². The summed E-state index contributed by atoms with van der Waals surface area (Å²) in [5.41, 5.74) is 2.41. The smallest absolute Gasteiger partial charge is 0.233 e. The van der Waals surface area contributed by atoms with Gasteiger partial charge in [-0.15, -0.1) is 15.3 Å². The highest BCUT2D eigenvalue weighted by molar-refractivity contribution is 5.94. The Hall–Kier alpha value is -3.20. The fourth-order valence-electron chi connectivity index (χ4n) is 3.34. The summed E-state index contributed by atoms with van der Waals surface area (Å²) in [6.07, 6.45) is 2.25. The van der Waals surface area contributed by atoms with Gasteiger partial charge in [0.1, 0.15) is 23.8 Å². The van der Waals surface area contributed by atoms with Gasteiger partial charge in [0, 0.05) is 25.7 Å². The molecular weight excluding hydrogens is 389 g/mol. The number of halogens is 1. The van der Waals surface area contributed by atoms with Gasteiger partial charge in [-0.3, -0.25) is 4.79 Å². The number of carbonyl (C=O) groups excluding carboxylic acids is 1. The molecule has 1 aromatic carbocycles. The van der Waals surface area contributed by atoms with Crippen molar-refractivity contribution in [2.75, 3.05) is 13.2 Å². The summed E-state index contributed by atoms with van der Waals surface area (Å²) in [7, 11) is 0. The Balaban J connectivity index is 1.39. The SMILES string of the molecule is Cc1nnn(-c2ccc(F)cc2)c1COc1ccc(C(=O)CC2CCOCC2)nn1. The van der Waals surface area contributed by atoms with Crippen LogP contribution in [0.1, 0.15) is 41.1 Å². The second-order valence-electron chi connectivity index (χ2n) is 7.24. The number of benzene rings is 1. The Labute approximate surface area is 173 Å². The summed E-state index contributed by atoms with van der Waals surface area (Å²) in [6, 6.07) is 9.21. The molecule has 8 nitrogen and oxygen atoms in total. The van der Waals surface area contributed by atoms with Crippen molar-refractivity contribution >= 4 is 5.78 Å². The van der Waals surface area contributed by atoms with Gasteiger partial charge in [0.15, 0.2) is 5.78 Å². The van der Waals surface area contributed by atoms with Gasteiger partial charge < -0.3 is 9.47 Å². The molecule has 156 valence electrons. The number of carbonyl (C=O) groups is 1. The molecule has 30 heavy (non-hydrogen) atoms. The van der Waals surface area contributed by atoms with Crippen molar-refractivity contribution in [2.45, 2.75) is 32.8 Å². The van der Waals surface area contributed by atoms with Crippen molar-refractivity contribution in [1.29, 1.82) is 0 Å². The molecule has 0 N–H and O–H groups in total. The van der Waals surface area contributed by atoms with Gasteiger partial charge >= 0.3 is 0 Å². The highest BCUT2D eigenvalue weighted by Crippen LogP contribution is 2.21. The van der Waals surface area contributed by atoms with Crippen LogP contribution in [0.5, 0.6) is 5.88 Å². The molecule has 0 spiro atoms. The number of Topliss-reactive ketones (excluding diaryl/α,β-unsaturated/α-hetero) is 1. The van der Waals surface area contributed by atoms with E-state index in [9.17, 15) is 9.18 Å². The van der Waals surface area contributed by atoms with Gasteiger partial charge in [0.25, 0.3) is 0 Å². The van der Waals surface area contributed by atoms with Crippen LogP contribution in [0.3, 0.4) is 0 Å². The van der Waals surface area contributed by atoms with E-state index >= 15 is 0 Å². The summed E-state index contributed by atoms with van der Waals surface area (Å²) in [5, 5.41) is 16.2. The lowest BCUT2D eigenvalue weighted by atomic mass is 9.93. The van der Waals surface area contributed by atoms with Crippen molar-refractivity contribution in [1.82, 2.24) is 25.2 Å². The van der Waals surface area contributed by atoms with E-state index in [4.69, 9.17) is 9.47 Å². The van der Waals surface area contributed by atoms with E-state index in [2.05, 4.69) is 20.5 Å². The topological polar surface area (TPSA) is 92.0 Å². The van der Waals surface area contributed by atoms with Gasteiger partial charge in [-0.2, -0.15) is 0 Å². The largest absolute Gasteiger partial charge is 0.470 e. The van der Waals surface area contributed by atoms with Crippen LogP contribution in [-0.4, -0.2) is 44.2 Å². The highest BCUT2D eigenvalue weighted by Gasteiger charge is 2.19. The van der Waals surface area contributed by atoms with Gasteiger partial charge in [-0.05, 0) is 56.0 Å². The van der Waals surface area contributed by atoms with Crippen LogP contribution in [0.25, 0.3) is 5.69 Å². The van der Waals surface area contributed by atoms with Crippen LogP contribution in [0.4, 0.5) is 4.39 Å². The normalized spacial score (nSPS) is 14.6. The molecule has 0 atom stereocenters. The number of aromatic nitrogens is 5. The maximum atomic E-state index is 13.2. The lowest BCUT2D eigenvalue weighted by Gasteiger charge is -2.20. The second kappa shape index (κ2) is 9.08. The molecule has 1 aliphatic heterocycles. The fraction of sp³-hybridized carbons (Fsp3) is 0.381. The third-order valence-corrected chi connectivity index (χ3v) is 5.13. The van der Waals surface area contributed by atoms with Crippen LogP contribution in [0.15, 0.2) is 36.4 Å². The molecule has 2 aromatic heterocycles. The summed E-state index contributed by atoms with van der Waals surface area (Å²) in [4.78, 5) is 12.4. The van der Waals surface area contributed by atoms with Crippen molar-refractivity contribution in [3.63, 3.8) is 0 Å². The predicted octanol–water partition coefficient (Wildman–Crippen LogP) is 3.08. The van der Waals surface area contributed by atoms with E-state index in [1.54, 1.807) is 28.9 Å². The summed E-state index contributed by atoms with van der Waals surface area (Å²) in [5.74, 6) is 0.292. The molecule has 0 bridgehead atoms. The average molecular weight is 411 g/mol. The van der Waals surface area contributed by atoms with Crippen LogP contribution in [-0.2, 0) is 11.3 Å². The van der Waals surface area contributed by atoms with Crippen molar-refractivity contribution < 1.29 is 18.7 Å². The number of aryl methyl sites for hydroxylation is 1. The van der Waals surface area contributed by atoms with Crippen LogP contribution >= 0.6 is 0 Å². The third-order valence-electron chi connectivity index (χ3n) is 5.13. The summed E-state index contributed by atoms with van der Waals surface area (Å²) < 4.78 is 25.8. The maximum absolute atomic E-state index is 13.2. The number of hydrogen-bond donors (Lipinski definition) is 0. The summed E-state index contributed by atoms with van der Waals surface area (Å²) in [6.45, 7) is 3.38. The Morgan fingerprint density at radius 1 is 1.13 bits per heavy atom. The first-order valence-corrected chi connectivity index (χ1v) is 9.85. The molecule has 0 amide bonds. The van der Waals surface area contributed by atoms with Gasteiger partial charge in [0.05, 0.1) is 11.4 Å². The molecule has 3 heterocycles. The van der Waals surface area contributed by atoms with Crippen LogP contribution < -0.4 is 4.74 Å². The Kier molecular flexibility index (Phi) is 6.08. The molecule has 4 rings (SSSR count). The molecule has 1 fully saturated rings. The minimum atomic E-state index is -0.324. The van der Waals surface area contributed by atoms with E-state index in [0.717, 1.165) is 12.8 Å². The number of hydrogen-bond acceptors (Lipinski definition) is 7. The van der Waals surface area contributed by atoms with Crippen LogP contribution in [0.2, 0.25) is 0 Å². The molecule has 0 radical (unpaired) electrons. The first-order chi connectivity index (χ1) is 14.6. The Morgan fingerprint density at radius 2 is 1.90 bits per heavy atom. The third kappa shape index (κ3) is 4.68. The minimum Gasteiger partial charge on any atom is -0.470 e. The zero-order valence-electron chi connectivity index (χ0n) is 16.6. The van der Waals surface area contributed by atoms with Crippen molar-refractivity contribution in [3.05, 3.63) is 59.3 Å². The quantitative estimate of drug-likeness (QED) is 0.552. The predicted molar refractivity (Wildman–Crippen MR) is 105 cm³/mol. The average Bonchev–Trinajstić information content (AvgIpc) is 3.14. The Bertz CT molecular complexity index is 998. The molecule has 9 heteroatoms. The van der Waals surface area contributed by atoms with Gasteiger partial charge in [0.2, 0.25) is 5.88 Å². The maximum Gasteiger partial charge on any atom is 0.233 e. The van der Waals surface area contributed by atoms with Crippen molar-refractivity contribution in [2.24, 2.45) is 5.92 Å². The van der Waals surface area contributed by atoms with E-state index in [-0.39, 0.29) is 18.2 Å². The molecule has 0 aliphatic carbocycles. The zero-order chi connectivity index (χ0) is 20.9. The number of ketones is 1. The second-order valence-corrected chi connectivity index (χ2v) is 7.24. The molecule has 0 unspecified atom stereocenters. The van der Waals surface area contributed by atoms with Gasteiger partial charge in [-0.1, -0.05) is 5.21 Å².